The molecular formula is C21H17FN4O2. The first-order valence-corrected chi connectivity index (χ1v) is 8.96. The highest BCUT2D eigenvalue weighted by Crippen LogP contribution is 2.36. The van der Waals surface area contributed by atoms with Crippen molar-refractivity contribution in [1.29, 1.82) is 0 Å². The number of aryl methyl sites for hydroxylation is 1. The Morgan fingerprint density at radius 2 is 1.86 bits per heavy atom. The number of anilines is 2. The number of rotatable bonds is 3. The molecular weight excluding hydrogens is 359 g/mol. The van der Waals surface area contributed by atoms with E-state index >= 15 is 0 Å². The number of fused-ring (bicyclic) bond motifs is 2. The van der Waals surface area contributed by atoms with Gasteiger partial charge in [0.2, 0.25) is 5.95 Å². The molecule has 5 rings (SSSR count). The van der Waals surface area contributed by atoms with Gasteiger partial charge in [-0.2, -0.15) is 4.39 Å². The standard InChI is InChI=1S/C21H17FN4O2/c1-13-5-8-19-25-20(15-3-2-4-18(22)24-15)21(26(19)12-13)23-14-6-7-16-17(11-14)28-10-9-27-16/h2-8,11-12,23H,9-10H2,1H3. The van der Waals surface area contributed by atoms with E-state index in [1.165, 1.54) is 6.07 Å². The maximum Gasteiger partial charge on any atom is 0.213 e. The van der Waals surface area contributed by atoms with Crippen LogP contribution >= 0.6 is 0 Å². The van der Waals surface area contributed by atoms with E-state index in [1.54, 1.807) is 12.1 Å². The minimum Gasteiger partial charge on any atom is -0.486 e. The van der Waals surface area contributed by atoms with Crippen LogP contribution in [0.1, 0.15) is 5.56 Å². The highest BCUT2D eigenvalue weighted by molar-refractivity contribution is 5.78. The molecule has 4 heterocycles. The largest absolute Gasteiger partial charge is 0.486 e. The summed E-state index contributed by atoms with van der Waals surface area (Å²) in [6, 6.07) is 14.3. The molecule has 0 radical (unpaired) electrons. The molecule has 0 saturated heterocycles. The lowest BCUT2D eigenvalue weighted by atomic mass is 10.2. The molecule has 0 spiro atoms. The first-order valence-electron chi connectivity index (χ1n) is 8.96. The van der Waals surface area contributed by atoms with E-state index in [1.807, 2.05) is 47.9 Å². The Labute approximate surface area is 160 Å². The Kier molecular flexibility index (Phi) is 3.86. The molecule has 6 nitrogen and oxygen atoms in total. The van der Waals surface area contributed by atoms with E-state index in [9.17, 15) is 4.39 Å². The van der Waals surface area contributed by atoms with Gasteiger partial charge in [-0.1, -0.05) is 12.1 Å². The molecule has 3 aromatic heterocycles. The number of halogens is 1. The summed E-state index contributed by atoms with van der Waals surface area (Å²) >= 11 is 0. The van der Waals surface area contributed by atoms with Crippen LogP contribution in [0, 0.1) is 12.9 Å². The molecule has 0 amide bonds. The molecule has 1 aliphatic heterocycles. The molecule has 1 aromatic carbocycles. The van der Waals surface area contributed by atoms with Crippen LogP contribution in [-0.2, 0) is 0 Å². The minimum absolute atomic E-state index is 0.460. The quantitative estimate of drug-likeness (QED) is 0.539. The van der Waals surface area contributed by atoms with Crippen molar-refractivity contribution in [3.8, 4) is 22.9 Å². The summed E-state index contributed by atoms with van der Waals surface area (Å²) in [5.74, 6) is 1.56. The summed E-state index contributed by atoms with van der Waals surface area (Å²) in [5.41, 5.74) is 3.66. The molecule has 28 heavy (non-hydrogen) atoms. The summed E-state index contributed by atoms with van der Waals surface area (Å²) < 4.78 is 26.9. The number of benzene rings is 1. The Balaban J connectivity index is 1.65. The van der Waals surface area contributed by atoms with Crippen molar-refractivity contribution in [2.24, 2.45) is 0 Å². The molecule has 0 fully saturated rings. The molecule has 0 bridgehead atoms. The third-order valence-corrected chi connectivity index (χ3v) is 4.53. The predicted octanol–water partition coefficient (Wildman–Crippen LogP) is 4.36. The van der Waals surface area contributed by atoms with Crippen LogP contribution in [0.15, 0.2) is 54.7 Å². The van der Waals surface area contributed by atoms with Gasteiger partial charge < -0.3 is 14.8 Å². The van der Waals surface area contributed by atoms with E-state index < -0.39 is 5.95 Å². The van der Waals surface area contributed by atoms with Gasteiger partial charge in [-0.15, -0.1) is 0 Å². The van der Waals surface area contributed by atoms with Crippen molar-refractivity contribution in [3.05, 3.63) is 66.2 Å². The van der Waals surface area contributed by atoms with E-state index in [4.69, 9.17) is 9.47 Å². The smallest absolute Gasteiger partial charge is 0.213 e. The Bertz CT molecular complexity index is 1190. The first kappa shape index (κ1) is 16.6. The van der Waals surface area contributed by atoms with Gasteiger partial charge in [-0.05, 0) is 42.8 Å². The van der Waals surface area contributed by atoms with Crippen LogP contribution in [-0.4, -0.2) is 27.6 Å². The van der Waals surface area contributed by atoms with Crippen molar-refractivity contribution in [2.45, 2.75) is 6.92 Å². The first-order chi connectivity index (χ1) is 13.7. The molecule has 1 N–H and O–H groups in total. The lowest BCUT2D eigenvalue weighted by molar-refractivity contribution is 0.171. The fourth-order valence-corrected chi connectivity index (χ4v) is 3.25. The number of aromatic nitrogens is 3. The van der Waals surface area contributed by atoms with Crippen molar-refractivity contribution in [1.82, 2.24) is 14.4 Å². The normalized spacial score (nSPS) is 12.9. The third kappa shape index (κ3) is 2.90. The summed E-state index contributed by atoms with van der Waals surface area (Å²) in [4.78, 5) is 8.67. The molecule has 0 unspecified atom stereocenters. The number of hydrogen-bond donors (Lipinski definition) is 1. The molecule has 0 saturated carbocycles. The molecule has 0 aliphatic carbocycles. The Morgan fingerprint density at radius 3 is 2.71 bits per heavy atom. The monoisotopic (exact) mass is 376 g/mol. The fraction of sp³-hybridized carbons (Fsp3) is 0.143. The maximum absolute atomic E-state index is 13.7. The number of nitrogens with one attached hydrogen (secondary N) is 1. The predicted molar refractivity (Wildman–Crippen MR) is 104 cm³/mol. The second kappa shape index (κ2) is 6.53. The second-order valence-corrected chi connectivity index (χ2v) is 6.57. The topological polar surface area (TPSA) is 60.7 Å². The highest BCUT2D eigenvalue weighted by Gasteiger charge is 2.18. The van der Waals surface area contributed by atoms with Crippen LogP contribution in [0.25, 0.3) is 17.0 Å². The maximum atomic E-state index is 13.7. The van der Waals surface area contributed by atoms with E-state index in [-0.39, 0.29) is 0 Å². The van der Waals surface area contributed by atoms with Gasteiger partial charge in [0, 0.05) is 18.0 Å². The molecule has 1 aliphatic rings. The zero-order chi connectivity index (χ0) is 19.1. The van der Waals surface area contributed by atoms with Crippen molar-refractivity contribution in [2.75, 3.05) is 18.5 Å². The van der Waals surface area contributed by atoms with Crippen molar-refractivity contribution in [3.63, 3.8) is 0 Å². The van der Waals surface area contributed by atoms with Crippen LogP contribution in [0.2, 0.25) is 0 Å². The summed E-state index contributed by atoms with van der Waals surface area (Å²) in [5, 5.41) is 3.39. The van der Waals surface area contributed by atoms with E-state index in [0.29, 0.717) is 36.2 Å². The average molecular weight is 376 g/mol. The van der Waals surface area contributed by atoms with Crippen LogP contribution in [0.4, 0.5) is 15.9 Å². The number of imidazole rings is 1. The Morgan fingerprint density at radius 1 is 1.00 bits per heavy atom. The van der Waals surface area contributed by atoms with Gasteiger partial charge in [0.15, 0.2) is 11.5 Å². The van der Waals surface area contributed by atoms with Crippen molar-refractivity contribution >= 4 is 17.2 Å². The second-order valence-electron chi connectivity index (χ2n) is 6.57. The van der Waals surface area contributed by atoms with Crippen molar-refractivity contribution < 1.29 is 13.9 Å². The van der Waals surface area contributed by atoms with E-state index in [2.05, 4.69) is 15.3 Å². The van der Waals surface area contributed by atoms with Gasteiger partial charge in [-0.3, -0.25) is 4.40 Å². The SMILES string of the molecule is Cc1ccc2nc(-c3cccc(F)n3)c(Nc3ccc4c(c3)OCCO4)n2c1. The number of hydrogen-bond acceptors (Lipinski definition) is 5. The summed E-state index contributed by atoms with van der Waals surface area (Å²) in [6.07, 6.45) is 1.98. The number of ether oxygens (including phenoxy) is 2. The average Bonchev–Trinajstić information content (AvgIpc) is 3.05. The zero-order valence-corrected chi connectivity index (χ0v) is 15.1. The lowest BCUT2D eigenvalue weighted by Crippen LogP contribution is -2.15. The molecule has 4 aromatic rings. The van der Waals surface area contributed by atoms with Gasteiger partial charge >= 0.3 is 0 Å². The van der Waals surface area contributed by atoms with Crippen LogP contribution in [0.3, 0.4) is 0 Å². The number of pyridine rings is 2. The summed E-state index contributed by atoms with van der Waals surface area (Å²) in [7, 11) is 0. The highest BCUT2D eigenvalue weighted by atomic mass is 19.1. The molecule has 140 valence electrons. The number of nitrogens with zero attached hydrogens (tertiary/aromatic N) is 3. The van der Waals surface area contributed by atoms with Gasteiger partial charge in [-0.25, -0.2) is 9.97 Å². The van der Waals surface area contributed by atoms with E-state index in [0.717, 1.165) is 22.6 Å². The van der Waals surface area contributed by atoms with Crippen LogP contribution in [0.5, 0.6) is 11.5 Å². The minimum atomic E-state index is -0.545. The third-order valence-electron chi connectivity index (χ3n) is 4.53. The Hall–Kier alpha value is -3.61. The lowest BCUT2D eigenvalue weighted by Gasteiger charge is -2.19. The van der Waals surface area contributed by atoms with Gasteiger partial charge in [0.25, 0.3) is 0 Å². The summed E-state index contributed by atoms with van der Waals surface area (Å²) in [6.45, 7) is 3.07. The van der Waals surface area contributed by atoms with Gasteiger partial charge in [0.05, 0.1) is 5.69 Å². The zero-order valence-electron chi connectivity index (χ0n) is 15.1. The van der Waals surface area contributed by atoms with Gasteiger partial charge in [0.1, 0.15) is 30.4 Å². The molecule has 0 atom stereocenters. The molecule has 7 heteroatoms. The fourth-order valence-electron chi connectivity index (χ4n) is 3.25. The van der Waals surface area contributed by atoms with Crippen LogP contribution < -0.4 is 14.8 Å².